The Morgan fingerprint density at radius 3 is 2.83 bits per heavy atom. The van der Waals surface area contributed by atoms with Crippen LogP contribution in [0, 0.1) is 5.92 Å². The fourth-order valence-corrected chi connectivity index (χ4v) is 2.60. The van der Waals surface area contributed by atoms with Crippen molar-refractivity contribution in [2.45, 2.75) is 31.4 Å². The molecule has 0 aromatic rings. The van der Waals surface area contributed by atoms with Crippen LogP contribution in [-0.2, 0) is 9.59 Å². The Hall–Kier alpha value is -1.26. The third-order valence-corrected chi connectivity index (χ3v) is 3.69. The van der Waals surface area contributed by atoms with Crippen LogP contribution in [0.15, 0.2) is 0 Å². The van der Waals surface area contributed by atoms with E-state index in [-0.39, 0.29) is 18.9 Å². The number of aliphatic hydroxyl groups excluding tert-OH is 1. The van der Waals surface area contributed by atoms with E-state index in [1.807, 2.05) is 0 Å². The first-order valence-corrected chi connectivity index (χ1v) is 7.94. The molecular weight excluding hydrogens is 302 g/mol. The van der Waals surface area contributed by atoms with Crippen molar-refractivity contribution in [3.05, 3.63) is 0 Å². The number of carboxylic acid groups (broad SMARTS) is 1. The summed E-state index contributed by atoms with van der Waals surface area (Å²) >= 11 is 0. The fraction of sp³-hybridized carbons (Fsp3) is 0.857. The molecule has 1 aliphatic heterocycles. The molecule has 23 heavy (non-hydrogen) atoms. The van der Waals surface area contributed by atoms with Gasteiger partial charge in [-0.05, 0) is 38.4 Å². The summed E-state index contributed by atoms with van der Waals surface area (Å²) in [5, 5.41) is 26.2. The SMILES string of the molecule is CN(CC(=O)O)NC(=O)C[C@H](N)C[C@@H](O)CNCC1CCNC1. The number of hydrogen-bond donors (Lipinski definition) is 6. The number of aliphatic hydroxyl groups is 1. The second kappa shape index (κ2) is 10.5. The standard InChI is InChI=1S/C14H29N5O4/c1-19(9-14(22)23)18-13(21)5-11(15)4-12(20)8-17-7-10-2-3-16-6-10/h10-12,16-17,20H,2-9,15H2,1H3,(H,18,21)(H,22,23)/t10?,11-,12-/m1/s1. The summed E-state index contributed by atoms with van der Waals surface area (Å²) < 4.78 is 0. The number of carboxylic acids is 1. The number of nitrogens with zero attached hydrogens (tertiary/aromatic N) is 1. The molecule has 1 heterocycles. The van der Waals surface area contributed by atoms with Gasteiger partial charge in [0.1, 0.15) is 6.54 Å². The Balaban J connectivity index is 2.12. The Bertz CT molecular complexity index is 376. The molecular formula is C14H29N5O4. The number of carbonyl (C=O) groups excluding carboxylic acids is 1. The number of likely N-dealkylation sites (N-methyl/N-ethyl adjacent to an activating group) is 1. The highest BCUT2D eigenvalue weighted by Gasteiger charge is 2.17. The zero-order chi connectivity index (χ0) is 17.2. The number of nitrogens with two attached hydrogens (primary N) is 1. The molecule has 0 saturated carbocycles. The summed E-state index contributed by atoms with van der Waals surface area (Å²) in [5.74, 6) is -0.791. The molecule has 1 saturated heterocycles. The van der Waals surface area contributed by atoms with E-state index in [0.29, 0.717) is 18.9 Å². The first-order valence-electron chi connectivity index (χ1n) is 7.94. The lowest BCUT2D eigenvalue weighted by Gasteiger charge is -2.20. The van der Waals surface area contributed by atoms with Gasteiger partial charge in [-0.2, -0.15) is 0 Å². The first-order chi connectivity index (χ1) is 10.9. The smallest absolute Gasteiger partial charge is 0.319 e. The van der Waals surface area contributed by atoms with Crippen molar-refractivity contribution in [1.29, 1.82) is 0 Å². The van der Waals surface area contributed by atoms with Crippen LogP contribution in [0.4, 0.5) is 0 Å². The minimum Gasteiger partial charge on any atom is -0.480 e. The maximum atomic E-state index is 11.7. The third-order valence-electron chi connectivity index (χ3n) is 3.69. The molecule has 1 amide bonds. The molecule has 0 bridgehead atoms. The second-order valence-electron chi connectivity index (χ2n) is 6.16. The van der Waals surface area contributed by atoms with Crippen molar-refractivity contribution in [3.8, 4) is 0 Å². The Morgan fingerprint density at radius 1 is 1.48 bits per heavy atom. The van der Waals surface area contributed by atoms with Crippen LogP contribution in [0.3, 0.4) is 0 Å². The monoisotopic (exact) mass is 331 g/mol. The van der Waals surface area contributed by atoms with Crippen LogP contribution < -0.4 is 21.8 Å². The van der Waals surface area contributed by atoms with Gasteiger partial charge in [-0.1, -0.05) is 0 Å². The lowest BCUT2D eigenvalue weighted by Crippen LogP contribution is -2.44. The summed E-state index contributed by atoms with van der Waals surface area (Å²) in [6, 6.07) is -0.474. The van der Waals surface area contributed by atoms with Crippen molar-refractivity contribution in [2.24, 2.45) is 11.7 Å². The summed E-state index contributed by atoms with van der Waals surface area (Å²) in [4.78, 5) is 22.2. The van der Waals surface area contributed by atoms with Gasteiger partial charge >= 0.3 is 5.97 Å². The van der Waals surface area contributed by atoms with Gasteiger partial charge in [-0.15, -0.1) is 0 Å². The number of nitrogens with one attached hydrogen (secondary N) is 3. The summed E-state index contributed by atoms with van der Waals surface area (Å²) in [7, 11) is 1.47. The van der Waals surface area contributed by atoms with E-state index in [4.69, 9.17) is 10.8 Å². The minimum atomic E-state index is -1.03. The molecule has 1 rings (SSSR count). The molecule has 9 heteroatoms. The Morgan fingerprint density at radius 2 is 2.22 bits per heavy atom. The van der Waals surface area contributed by atoms with Crippen molar-refractivity contribution < 1.29 is 19.8 Å². The normalized spacial score (nSPS) is 20.4. The van der Waals surface area contributed by atoms with E-state index < -0.39 is 18.1 Å². The zero-order valence-electron chi connectivity index (χ0n) is 13.6. The van der Waals surface area contributed by atoms with Gasteiger partial charge in [0, 0.05) is 26.1 Å². The Kier molecular flexibility index (Phi) is 9.03. The molecule has 134 valence electrons. The van der Waals surface area contributed by atoms with Crippen molar-refractivity contribution in [1.82, 2.24) is 21.1 Å². The highest BCUT2D eigenvalue weighted by atomic mass is 16.4. The topological polar surface area (TPSA) is 140 Å². The molecule has 3 atom stereocenters. The number of carbonyl (C=O) groups is 2. The highest BCUT2D eigenvalue weighted by molar-refractivity contribution is 5.76. The molecule has 0 aliphatic carbocycles. The molecule has 1 aliphatic rings. The van der Waals surface area contributed by atoms with Crippen LogP contribution >= 0.6 is 0 Å². The zero-order valence-corrected chi connectivity index (χ0v) is 13.6. The predicted molar refractivity (Wildman–Crippen MR) is 85.5 cm³/mol. The van der Waals surface area contributed by atoms with Gasteiger partial charge in [0.15, 0.2) is 0 Å². The lowest BCUT2D eigenvalue weighted by atomic mass is 10.1. The lowest BCUT2D eigenvalue weighted by molar-refractivity contribution is -0.139. The van der Waals surface area contributed by atoms with E-state index in [1.165, 1.54) is 12.1 Å². The van der Waals surface area contributed by atoms with E-state index in [2.05, 4.69) is 16.1 Å². The average Bonchev–Trinajstić information content (AvgIpc) is 2.89. The summed E-state index contributed by atoms with van der Waals surface area (Å²) in [6.45, 7) is 3.08. The van der Waals surface area contributed by atoms with Crippen molar-refractivity contribution in [3.63, 3.8) is 0 Å². The predicted octanol–water partition coefficient (Wildman–Crippen LogP) is -2.30. The van der Waals surface area contributed by atoms with E-state index in [1.54, 1.807) is 0 Å². The van der Waals surface area contributed by atoms with Gasteiger partial charge < -0.3 is 26.6 Å². The minimum absolute atomic E-state index is 0.0353. The van der Waals surface area contributed by atoms with E-state index in [9.17, 15) is 14.7 Å². The molecule has 0 aromatic heterocycles. The van der Waals surface area contributed by atoms with Gasteiger partial charge in [0.25, 0.3) is 0 Å². The maximum Gasteiger partial charge on any atom is 0.319 e. The fourth-order valence-electron chi connectivity index (χ4n) is 2.60. The van der Waals surface area contributed by atoms with Gasteiger partial charge in [0.05, 0.1) is 6.10 Å². The van der Waals surface area contributed by atoms with Crippen LogP contribution in [0.25, 0.3) is 0 Å². The number of rotatable bonds is 11. The molecule has 0 aromatic carbocycles. The van der Waals surface area contributed by atoms with Gasteiger partial charge in [0.2, 0.25) is 5.91 Å². The quantitative estimate of drug-likeness (QED) is 0.232. The Labute approximate surface area is 136 Å². The molecule has 9 nitrogen and oxygen atoms in total. The number of hydrogen-bond acceptors (Lipinski definition) is 7. The summed E-state index contributed by atoms with van der Waals surface area (Å²) in [5.41, 5.74) is 8.28. The largest absolute Gasteiger partial charge is 0.480 e. The van der Waals surface area contributed by atoms with Crippen LogP contribution in [0.5, 0.6) is 0 Å². The number of hydrazine groups is 1. The van der Waals surface area contributed by atoms with E-state index >= 15 is 0 Å². The van der Waals surface area contributed by atoms with E-state index in [0.717, 1.165) is 26.1 Å². The molecule has 0 spiro atoms. The maximum absolute atomic E-state index is 11.7. The second-order valence-corrected chi connectivity index (χ2v) is 6.16. The average molecular weight is 331 g/mol. The molecule has 7 N–H and O–H groups in total. The molecule has 0 radical (unpaired) electrons. The highest BCUT2D eigenvalue weighted by Crippen LogP contribution is 2.06. The molecule has 1 fully saturated rings. The first kappa shape index (κ1) is 19.8. The van der Waals surface area contributed by atoms with Crippen molar-refractivity contribution in [2.75, 3.05) is 39.8 Å². The third kappa shape index (κ3) is 9.47. The van der Waals surface area contributed by atoms with Gasteiger partial charge in [-0.25, -0.2) is 5.01 Å². The van der Waals surface area contributed by atoms with Gasteiger partial charge in [-0.3, -0.25) is 15.0 Å². The van der Waals surface area contributed by atoms with Crippen LogP contribution in [0.1, 0.15) is 19.3 Å². The van der Waals surface area contributed by atoms with Crippen molar-refractivity contribution >= 4 is 11.9 Å². The summed E-state index contributed by atoms with van der Waals surface area (Å²) in [6.07, 6.45) is 0.885. The van der Waals surface area contributed by atoms with Crippen LogP contribution in [-0.4, -0.2) is 79.0 Å². The number of aliphatic carboxylic acids is 1. The molecule has 1 unspecified atom stereocenters. The number of amides is 1. The van der Waals surface area contributed by atoms with Crippen LogP contribution in [0.2, 0.25) is 0 Å².